The van der Waals surface area contributed by atoms with Crippen LogP contribution in [0, 0.1) is 5.92 Å². The summed E-state index contributed by atoms with van der Waals surface area (Å²) in [6.07, 6.45) is -1.56. The van der Waals surface area contributed by atoms with Crippen LogP contribution in [0.2, 0.25) is 0 Å². The predicted octanol–water partition coefficient (Wildman–Crippen LogP) is -1.96. The molecular formula is C9H19N3O3. The fraction of sp³-hybridized carbons (Fsp3) is 0.889. The molecule has 0 aromatic carbocycles. The third-order valence-electron chi connectivity index (χ3n) is 2.72. The van der Waals surface area contributed by atoms with Crippen molar-refractivity contribution in [1.29, 1.82) is 0 Å². The van der Waals surface area contributed by atoms with Crippen molar-refractivity contribution >= 4 is 5.91 Å². The first-order chi connectivity index (χ1) is 6.97. The molecule has 6 nitrogen and oxygen atoms in total. The molecule has 1 aliphatic rings. The van der Waals surface area contributed by atoms with Gasteiger partial charge in [-0.15, -0.1) is 0 Å². The molecule has 3 unspecified atom stereocenters. The van der Waals surface area contributed by atoms with E-state index in [4.69, 9.17) is 5.84 Å². The molecule has 0 spiro atoms. The Balaban J connectivity index is 2.70. The van der Waals surface area contributed by atoms with E-state index in [0.29, 0.717) is 13.1 Å². The maximum Gasteiger partial charge on any atom is 0.251 e. The van der Waals surface area contributed by atoms with Crippen LogP contribution in [0.25, 0.3) is 0 Å². The molecule has 3 atom stereocenters. The number of nitrogens with two attached hydrogens (primary N) is 1. The second kappa shape index (κ2) is 4.89. The Morgan fingerprint density at radius 3 is 2.20 bits per heavy atom. The molecule has 1 aliphatic heterocycles. The second-order valence-corrected chi connectivity index (χ2v) is 4.29. The van der Waals surface area contributed by atoms with E-state index in [9.17, 15) is 15.0 Å². The number of hydrazine groups is 1. The molecule has 1 amide bonds. The van der Waals surface area contributed by atoms with Gasteiger partial charge in [-0.05, 0) is 5.92 Å². The lowest BCUT2D eigenvalue weighted by Crippen LogP contribution is -2.51. The van der Waals surface area contributed by atoms with E-state index in [2.05, 4.69) is 5.43 Å². The summed E-state index contributed by atoms with van der Waals surface area (Å²) in [4.78, 5) is 13.3. The van der Waals surface area contributed by atoms with Crippen molar-refractivity contribution in [2.24, 2.45) is 11.8 Å². The van der Waals surface area contributed by atoms with Gasteiger partial charge in [0.15, 0.2) is 0 Å². The Morgan fingerprint density at radius 2 is 1.87 bits per heavy atom. The number of nitrogens with one attached hydrogen (secondary N) is 1. The monoisotopic (exact) mass is 217 g/mol. The number of nitrogens with zero attached hydrogens (tertiary/aromatic N) is 1. The molecule has 0 aromatic rings. The van der Waals surface area contributed by atoms with Crippen LogP contribution in [0.15, 0.2) is 0 Å². The Labute approximate surface area is 89.0 Å². The minimum absolute atomic E-state index is 0.0750. The van der Waals surface area contributed by atoms with Crippen LogP contribution in [-0.2, 0) is 4.79 Å². The third kappa shape index (κ3) is 2.66. The van der Waals surface area contributed by atoms with E-state index in [-0.39, 0.29) is 11.8 Å². The van der Waals surface area contributed by atoms with Gasteiger partial charge in [-0.3, -0.25) is 15.1 Å². The van der Waals surface area contributed by atoms with Gasteiger partial charge in [0.1, 0.15) is 0 Å². The van der Waals surface area contributed by atoms with Gasteiger partial charge in [-0.1, -0.05) is 13.8 Å². The summed E-state index contributed by atoms with van der Waals surface area (Å²) in [5.41, 5.74) is 2.11. The number of likely N-dealkylation sites (tertiary alicyclic amines) is 1. The van der Waals surface area contributed by atoms with Gasteiger partial charge in [0.25, 0.3) is 5.91 Å². The molecule has 5 N–H and O–H groups in total. The second-order valence-electron chi connectivity index (χ2n) is 4.29. The van der Waals surface area contributed by atoms with Crippen molar-refractivity contribution in [3.8, 4) is 0 Å². The van der Waals surface area contributed by atoms with Gasteiger partial charge in [-0.25, -0.2) is 5.84 Å². The number of hydrogen-bond acceptors (Lipinski definition) is 5. The Hall–Kier alpha value is -0.690. The van der Waals surface area contributed by atoms with Crippen LogP contribution < -0.4 is 11.3 Å². The molecule has 15 heavy (non-hydrogen) atoms. The summed E-state index contributed by atoms with van der Waals surface area (Å²) in [7, 11) is 0. The first-order valence-electron chi connectivity index (χ1n) is 5.08. The number of carbonyl (C=O) groups is 1. The van der Waals surface area contributed by atoms with Crippen molar-refractivity contribution in [3.05, 3.63) is 0 Å². The summed E-state index contributed by atoms with van der Waals surface area (Å²) in [5, 5.41) is 18.8. The predicted molar refractivity (Wildman–Crippen MR) is 54.5 cm³/mol. The number of aliphatic hydroxyl groups is 2. The lowest BCUT2D eigenvalue weighted by molar-refractivity contribution is -0.127. The SMILES string of the molecule is CC(C)C(C(=O)NN)N1CC(O)C(O)C1. The number of carbonyl (C=O) groups excluding carboxylic acids is 1. The van der Waals surface area contributed by atoms with E-state index in [1.165, 1.54) is 0 Å². The number of hydrogen-bond donors (Lipinski definition) is 4. The molecule has 1 saturated heterocycles. The van der Waals surface area contributed by atoms with Crippen LogP contribution >= 0.6 is 0 Å². The van der Waals surface area contributed by atoms with Gasteiger partial charge >= 0.3 is 0 Å². The molecule has 1 heterocycles. The molecule has 6 heteroatoms. The van der Waals surface area contributed by atoms with Gasteiger partial charge < -0.3 is 10.2 Å². The minimum Gasteiger partial charge on any atom is -0.389 e. The molecule has 0 aliphatic carbocycles. The Bertz CT molecular complexity index is 225. The van der Waals surface area contributed by atoms with Gasteiger partial charge in [0, 0.05) is 13.1 Å². The molecule has 0 saturated carbocycles. The highest BCUT2D eigenvalue weighted by Crippen LogP contribution is 2.18. The van der Waals surface area contributed by atoms with Crippen molar-refractivity contribution in [2.75, 3.05) is 13.1 Å². The number of aliphatic hydroxyl groups excluding tert-OH is 2. The first-order valence-corrected chi connectivity index (χ1v) is 5.08. The zero-order valence-electron chi connectivity index (χ0n) is 9.05. The summed E-state index contributed by atoms with van der Waals surface area (Å²) < 4.78 is 0. The van der Waals surface area contributed by atoms with Crippen molar-refractivity contribution in [1.82, 2.24) is 10.3 Å². The van der Waals surface area contributed by atoms with Crippen LogP contribution in [0.4, 0.5) is 0 Å². The number of amides is 1. The largest absolute Gasteiger partial charge is 0.389 e. The Morgan fingerprint density at radius 1 is 1.40 bits per heavy atom. The number of rotatable bonds is 3. The standard InChI is InChI=1S/C9H19N3O3/c1-5(2)8(9(15)11-10)12-3-6(13)7(14)4-12/h5-8,13-14H,3-4,10H2,1-2H3,(H,11,15). The maximum absolute atomic E-state index is 11.5. The van der Waals surface area contributed by atoms with Crippen LogP contribution in [0.5, 0.6) is 0 Å². The zero-order valence-corrected chi connectivity index (χ0v) is 9.05. The minimum atomic E-state index is -0.781. The molecule has 0 radical (unpaired) electrons. The lowest BCUT2D eigenvalue weighted by atomic mass is 10.0. The average Bonchev–Trinajstić information content (AvgIpc) is 2.46. The fourth-order valence-electron chi connectivity index (χ4n) is 2.00. The molecule has 1 fully saturated rings. The van der Waals surface area contributed by atoms with E-state index >= 15 is 0 Å². The van der Waals surface area contributed by atoms with Crippen LogP contribution in [-0.4, -0.2) is 52.4 Å². The summed E-state index contributed by atoms with van der Waals surface area (Å²) >= 11 is 0. The van der Waals surface area contributed by atoms with E-state index in [0.717, 1.165) is 0 Å². The van der Waals surface area contributed by atoms with E-state index < -0.39 is 18.2 Å². The molecule has 1 rings (SSSR count). The molecular weight excluding hydrogens is 198 g/mol. The van der Waals surface area contributed by atoms with Gasteiger partial charge in [-0.2, -0.15) is 0 Å². The highest BCUT2D eigenvalue weighted by molar-refractivity contribution is 5.81. The van der Waals surface area contributed by atoms with Crippen LogP contribution in [0.3, 0.4) is 0 Å². The summed E-state index contributed by atoms with van der Waals surface area (Å²) in [6, 6.07) is -0.401. The van der Waals surface area contributed by atoms with E-state index in [1.807, 2.05) is 13.8 Å². The van der Waals surface area contributed by atoms with Crippen molar-refractivity contribution < 1.29 is 15.0 Å². The fourth-order valence-corrected chi connectivity index (χ4v) is 2.00. The van der Waals surface area contributed by atoms with Gasteiger partial charge in [0.05, 0.1) is 18.2 Å². The van der Waals surface area contributed by atoms with E-state index in [1.54, 1.807) is 4.90 Å². The zero-order chi connectivity index (χ0) is 11.6. The van der Waals surface area contributed by atoms with Crippen LogP contribution in [0.1, 0.15) is 13.8 Å². The third-order valence-corrected chi connectivity index (χ3v) is 2.72. The highest BCUT2D eigenvalue weighted by atomic mass is 16.3. The quantitative estimate of drug-likeness (QED) is 0.250. The van der Waals surface area contributed by atoms with Gasteiger partial charge in [0.2, 0.25) is 0 Å². The van der Waals surface area contributed by atoms with Crippen molar-refractivity contribution in [2.45, 2.75) is 32.1 Å². The first kappa shape index (κ1) is 12.4. The van der Waals surface area contributed by atoms with Crippen molar-refractivity contribution in [3.63, 3.8) is 0 Å². The maximum atomic E-state index is 11.5. The topological polar surface area (TPSA) is 98.8 Å². The number of β-amino-alcohol motifs (C(OH)–C–C–N with tert-alkyl or cyclic N) is 2. The summed E-state index contributed by atoms with van der Waals surface area (Å²) in [5.74, 6) is 4.89. The smallest absolute Gasteiger partial charge is 0.251 e. The highest BCUT2D eigenvalue weighted by Gasteiger charge is 2.37. The molecule has 88 valence electrons. The molecule has 0 bridgehead atoms. The lowest BCUT2D eigenvalue weighted by Gasteiger charge is -2.28. The normalized spacial score (nSPS) is 29.5. The summed E-state index contributed by atoms with van der Waals surface area (Å²) in [6.45, 7) is 4.41. The Kier molecular flexibility index (Phi) is 4.04. The average molecular weight is 217 g/mol. The molecule has 0 aromatic heterocycles.